The molecule has 1 rings (SSSR count). The third-order valence-corrected chi connectivity index (χ3v) is 2.51. The molecular weight excluding hydrogens is 269 g/mol. The molecule has 98 valence electrons. The van der Waals surface area contributed by atoms with Gasteiger partial charge in [0.15, 0.2) is 17.4 Å². The van der Waals surface area contributed by atoms with E-state index in [1.165, 1.54) is 6.92 Å². The van der Waals surface area contributed by atoms with Gasteiger partial charge in [-0.15, -0.1) is 0 Å². The summed E-state index contributed by atoms with van der Waals surface area (Å²) in [5, 5.41) is 11.1. The normalized spacial score (nSPS) is 12.0. The van der Waals surface area contributed by atoms with Gasteiger partial charge < -0.3 is 16.2 Å². The zero-order valence-electron chi connectivity index (χ0n) is 9.13. The number of hydrogen-bond acceptors (Lipinski definition) is 3. The van der Waals surface area contributed by atoms with Crippen LogP contribution < -0.4 is 11.1 Å². The number of nitrogens with two attached hydrogens (primary N) is 1. The Morgan fingerprint density at radius 1 is 1.44 bits per heavy atom. The molecule has 1 amide bonds. The van der Waals surface area contributed by atoms with Gasteiger partial charge in [-0.05, 0) is 13.0 Å². The van der Waals surface area contributed by atoms with Crippen LogP contribution in [-0.4, -0.2) is 22.0 Å². The van der Waals surface area contributed by atoms with Gasteiger partial charge in [-0.25, -0.2) is 8.78 Å². The topological polar surface area (TPSA) is 75.3 Å². The predicted molar refractivity (Wildman–Crippen MR) is 61.7 cm³/mol. The zero-order chi connectivity index (χ0) is 14.0. The van der Waals surface area contributed by atoms with Crippen molar-refractivity contribution in [2.24, 2.45) is 5.73 Å². The Morgan fingerprint density at radius 2 is 2.00 bits per heavy atom. The fourth-order valence-electron chi connectivity index (χ4n) is 1.10. The molecule has 4 nitrogen and oxygen atoms in total. The summed E-state index contributed by atoms with van der Waals surface area (Å²) >= 11 is 4.58. The minimum atomic E-state index is -1.76. The highest BCUT2D eigenvalue weighted by molar-refractivity contribution is 7.80. The largest absolute Gasteiger partial charge is 0.503 e. The first-order chi connectivity index (χ1) is 8.25. The van der Waals surface area contributed by atoms with E-state index in [0.29, 0.717) is 6.07 Å². The number of hydrogen-bond donors (Lipinski definition) is 3. The molecule has 1 aromatic rings. The molecule has 4 N–H and O–H groups in total. The monoisotopic (exact) mass is 278 g/mol. The van der Waals surface area contributed by atoms with Crippen molar-refractivity contribution in [3.05, 3.63) is 29.1 Å². The molecule has 0 saturated heterocycles. The molecule has 1 aromatic carbocycles. The number of phenolic OH excluding ortho intramolecular Hbond substituents is 1. The Balaban J connectivity index is 3.11. The SMILES string of the molecule is CC(NC(=O)c1cc(F)c(F)c(O)c1F)C(N)=S. The summed E-state index contributed by atoms with van der Waals surface area (Å²) in [5.74, 6) is -7.47. The Labute approximate surface area is 106 Å². The summed E-state index contributed by atoms with van der Waals surface area (Å²) in [6.45, 7) is 1.43. The van der Waals surface area contributed by atoms with Crippen LogP contribution in [0.2, 0.25) is 0 Å². The Bertz CT molecular complexity index is 522. The second-order valence-electron chi connectivity index (χ2n) is 3.48. The van der Waals surface area contributed by atoms with E-state index in [1.807, 2.05) is 0 Å². The number of amides is 1. The molecule has 1 unspecified atom stereocenters. The van der Waals surface area contributed by atoms with Crippen molar-refractivity contribution in [3.63, 3.8) is 0 Å². The Morgan fingerprint density at radius 3 is 2.50 bits per heavy atom. The second kappa shape index (κ2) is 5.21. The van der Waals surface area contributed by atoms with Crippen molar-refractivity contribution in [3.8, 4) is 5.75 Å². The summed E-state index contributed by atoms with van der Waals surface area (Å²) in [4.78, 5) is 11.5. The first-order valence-electron chi connectivity index (χ1n) is 4.72. The van der Waals surface area contributed by atoms with E-state index in [-0.39, 0.29) is 4.99 Å². The maximum absolute atomic E-state index is 13.4. The predicted octanol–water partition coefficient (Wildman–Crippen LogP) is 1.21. The van der Waals surface area contributed by atoms with Gasteiger partial charge in [0.25, 0.3) is 5.91 Å². The maximum atomic E-state index is 13.4. The lowest BCUT2D eigenvalue weighted by atomic mass is 10.1. The number of thiocarbonyl (C=S) groups is 1. The van der Waals surface area contributed by atoms with Crippen molar-refractivity contribution < 1.29 is 23.1 Å². The first kappa shape index (κ1) is 14.2. The molecule has 0 bridgehead atoms. The van der Waals surface area contributed by atoms with Gasteiger partial charge in [-0.2, -0.15) is 4.39 Å². The number of phenols is 1. The first-order valence-corrected chi connectivity index (χ1v) is 5.13. The van der Waals surface area contributed by atoms with Crippen LogP contribution in [0, 0.1) is 17.5 Å². The van der Waals surface area contributed by atoms with E-state index >= 15 is 0 Å². The number of carbonyl (C=O) groups excluding carboxylic acids is 1. The number of nitrogens with one attached hydrogen (secondary N) is 1. The lowest BCUT2D eigenvalue weighted by Crippen LogP contribution is -2.41. The van der Waals surface area contributed by atoms with Crippen molar-refractivity contribution in [2.75, 3.05) is 0 Å². The van der Waals surface area contributed by atoms with Crippen LogP contribution >= 0.6 is 12.2 Å². The van der Waals surface area contributed by atoms with Crippen LogP contribution in [0.25, 0.3) is 0 Å². The maximum Gasteiger partial charge on any atom is 0.255 e. The average molecular weight is 278 g/mol. The van der Waals surface area contributed by atoms with Crippen LogP contribution in [0.3, 0.4) is 0 Å². The number of carbonyl (C=O) groups is 1. The van der Waals surface area contributed by atoms with Crippen molar-refractivity contribution >= 4 is 23.1 Å². The Kier molecular flexibility index (Phi) is 4.12. The van der Waals surface area contributed by atoms with E-state index in [0.717, 1.165) is 0 Å². The smallest absolute Gasteiger partial charge is 0.255 e. The average Bonchev–Trinajstić information content (AvgIpc) is 2.30. The number of benzene rings is 1. The molecule has 0 radical (unpaired) electrons. The molecule has 8 heteroatoms. The lowest BCUT2D eigenvalue weighted by molar-refractivity contribution is 0.0943. The summed E-state index contributed by atoms with van der Waals surface area (Å²) in [5.41, 5.74) is 4.39. The molecule has 18 heavy (non-hydrogen) atoms. The van der Waals surface area contributed by atoms with Gasteiger partial charge in [-0.3, -0.25) is 4.79 Å². The highest BCUT2D eigenvalue weighted by Crippen LogP contribution is 2.25. The number of halogens is 3. The Hall–Kier alpha value is -1.83. The lowest BCUT2D eigenvalue weighted by Gasteiger charge is -2.13. The summed E-state index contributed by atoms with van der Waals surface area (Å²) < 4.78 is 39.1. The van der Waals surface area contributed by atoms with E-state index in [4.69, 9.17) is 10.8 Å². The summed E-state index contributed by atoms with van der Waals surface area (Å²) in [6.07, 6.45) is 0. The van der Waals surface area contributed by atoms with Crippen LogP contribution in [0.5, 0.6) is 5.75 Å². The van der Waals surface area contributed by atoms with E-state index < -0.39 is 40.7 Å². The quantitative estimate of drug-likeness (QED) is 0.574. The van der Waals surface area contributed by atoms with Crippen LogP contribution in [0.4, 0.5) is 13.2 Å². The molecule has 0 saturated carbocycles. The molecule has 0 aliphatic heterocycles. The minimum absolute atomic E-state index is 0.0597. The highest BCUT2D eigenvalue weighted by Gasteiger charge is 2.23. The number of rotatable bonds is 3. The van der Waals surface area contributed by atoms with Crippen LogP contribution in [-0.2, 0) is 0 Å². The van der Waals surface area contributed by atoms with Gasteiger partial charge in [0.1, 0.15) is 0 Å². The zero-order valence-corrected chi connectivity index (χ0v) is 9.95. The van der Waals surface area contributed by atoms with E-state index in [1.54, 1.807) is 0 Å². The van der Waals surface area contributed by atoms with E-state index in [9.17, 15) is 18.0 Å². The van der Waals surface area contributed by atoms with Gasteiger partial charge in [0.2, 0.25) is 5.82 Å². The van der Waals surface area contributed by atoms with Gasteiger partial charge >= 0.3 is 0 Å². The fourth-order valence-corrected chi connectivity index (χ4v) is 1.16. The summed E-state index contributed by atoms with van der Waals surface area (Å²) in [6, 6.07) is -0.423. The molecule has 0 spiro atoms. The molecule has 0 aliphatic carbocycles. The highest BCUT2D eigenvalue weighted by atomic mass is 32.1. The molecular formula is C10H9F3N2O2S. The molecule has 0 heterocycles. The molecule has 0 aromatic heterocycles. The molecule has 1 atom stereocenters. The van der Waals surface area contributed by atoms with Gasteiger partial charge in [0, 0.05) is 0 Å². The van der Waals surface area contributed by atoms with Gasteiger partial charge in [-0.1, -0.05) is 12.2 Å². The van der Waals surface area contributed by atoms with Crippen LogP contribution in [0.1, 0.15) is 17.3 Å². The third-order valence-electron chi connectivity index (χ3n) is 2.15. The second-order valence-corrected chi connectivity index (χ2v) is 3.95. The van der Waals surface area contributed by atoms with Crippen molar-refractivity contribution in [2.45, 2.75) is 13.0 Å². The van der Waals surface area contributed by atoms with Gasteiger partial charge in [0.05, 0.1) is 16.6 Å². The number of aromatic hydroxyl groups is 1. The van der Waals surface area contributed by atoms with Crippen LogP contribution in [0.15, 0.2) is 6.07 Å². The van der Waals surface area contributed by atoms with E-state index in [2.05, 4.69) is 17.5 Å². The molecule has 0 aliphatic rings. The fraction of sp³-hybridized carbons (Fsp3) is 0.200. The summed E-state index contributed by atoms with van der Waals surface area (Å²) in [7, 11) is 0. The standard InChI is InChI=1S/C10H9F3N2O2S/c1-3(9(14)18)15-10(17)4-2-5(11)7(13)8(16)6(4)12/h2-3,16H,1H3,(H2,14,18)(H,15,17). The third kappa shape index (κ3) is 2.70. The minimum Gasteiger partial charge on any atom is -0.503 e. The van der Waals surface area contributed by atoms with Crippen molar-refractivity contribution in [1.82, 2.24) is 5.32 Å². The molecule has 0 fully saturated rings. The van der Waals surface area contributed by atoms with Crippen molar-refractivity contribution in [1.29, 1.82) is 0 Å².